The van der Waals surface area contributed by atoms with Crippen molar-refractivity contribution in [3.63, 3.8) is 0 Å². The van der Waals surface area contributed by atoms with Gasteiger partial charge in [-0.15, -0.1) is 0 Å². The number of nitrogens with one attached hydrogen (secondary N) is 1. The van der Waals surface area contributed by atoms with Crippen molar-refractivity contribution in [2.24, 2.45) is 0 Å². The second-order valence-electron chi connectivity index (χ2n) is 23.0. The minimum atomic E-state index is -0.504. The fraction of sp³-hybridized carbons (Fsp3) is 0.160. The summed E-state index contributed by atoms with van der Waals surface area (Å²) in [6.45, 7) is 3.79. The molecule has 8 aromatic heterocycles. The number of benzene rings is 8. The monoisotopic (exact) mass is 1410 g/mol. The van der Waals surface area contributed by atoms with Crippen molar-refractivity contribution in [2.45, 2.75) is 20.8 Å². The van der Waals surface area contributed by atoms with Crippen molar-refractivity contribution in [3.8, 4) is 68.0 Å². The Labute approximate surface area is 588 Å². The quantitative estimate of drug-likeness (QED) is 0.0989. The number of imidazole rings is 4. The number of halogens is 2. The molecule has 19 nitrogen and oxygen atoms in total. The molecule has 0 fully saturated rings. The van der Waals surface area contributed by atoms with Gasteiger partial charge in [0.25, 0.3) is 0 Å². The maximum atomic E-state index is 12.3. The zero-order valence-corrected chi connectivity index (χ0v) is 58.8. The van der Waals surface area contributed by atoms with Crippen LogP contribution in [0.2, 0.25) is 0 Å². The van der Waals surface area contributed by atoms with E-state index in [0.717, 1.165) is 134 Å². The molecule has 100 heavy (non-hydrogen) atoms. The Hall–Kier alpha value is -11.3. The molecular formula is C75H66F2N12O7S4. The minimum absolute atomic E-state index is 0.0000206. The lowest BCUT2D eigenvalue weighted by Gasteiger charge is -2.14. The Morgan fingerprint density at radius 2 is 0.720 bits per heavy atom. The number of phenolic OH excluding ortho intramolecular Hbond substituents is 1. The third-order valence-electron chi connectivity index (χ3n) is 16.7. The van der Waals surface area contributed by atoms with Crippen LogP contribution in [0.1, 0.15) is 20.8 Å². The number of ether oxygens (including phenoxy) is 3. The number of nitrogens with zero attached hydrogens (tertiary/aromatic N) is 11. The Balaban J connectivity index is 0.000000120. The van der Waals surface area contributed by atoms with Crippen LogP contribution in [0.3, 0.4) is 0 Å². The molecule has 16 rings (SSSR count). The van der Waals surface area contributed by atoms with Crippen LogP contribution < -0.4 is 34.2 Å². The molecule has 8 heterocycles. The molecule has 0 unspecified atom stereocenters. The summed E-state index contributed by atoms with van der Waals surface area (Å²) in [7, 11) is 8.85. The first-order valence-corrected chi connectivity index (χ1v) is 34.8. The summed E-state index contributed by atoms with van der Waals surface area (Å²) in [6, 6.07) is 54.4. The number of rotatable bonds is 15. The number of hydrogen-bond acceptors (Lipinski definition) is 16. The van der Waals surface area contributed by atoms with Crippen molar-refractivity contribution < 1.29 is 42.5 Å². The Morgan fingerprint density at radius 3 is 1.02 bits per heavy atom. The van der Waals surface area contributed by atoms with Gasteiger partial charge in [-0.25, -0.2) is 28.7 Å². The van der Waals surface area contributed by atoms with Crippen LogP contribution in [0.5, 0.6) is 23.0 Å². The summed E-state index contributed by atoms with van der Waals surface area (Å²) in [6.07, 6.45) is 8.09. The molecular weight excluding hydrogens is 1350 g/mol. The Kier molecular flexibility index (Phi) is 19.6. The zero-order valence-electron chi connectivity index (χ0n) is 55.5. The summed E-state index contributed by atoms with van der Waals surface area (Å²) in [5, 5.41) is 12.7. The number of alkyl halides is 2. The smallest absolute Gasteiger partial charge is 0.223 e. The Morgan fingerprint density at radius 1 is 0.430 bits per heavy atom. The standard InChI is InChI=1S/C20H18FN3O2S.C19H17N3O2S.C18H16FN3OS.C18H15N3O2S/c1-13(25)23(2)15-5-3-14(4-6-15)17-12-24-18-8-7-16(26-10-9-21)11-19(18)27-20(24)22-17;1-12(23)21(2)14-6-4-13(5-7-14)16-11-22-17-9-8-15(24-3)10-18(17)25-19(22)20-16;1-20-13-4-2-12(3-5-13)15-11-22-16-7-6-14(23-9-8-19)10-17(16)24-18(22)21-15;1-11(22)20(2)13-5-3-12(4-6-13)15-10-21-16-8-7-14(23)9-17(16)24-18(21)19-15/h3-8,11-12H,9-10H2,1-2H3;4-11H,1-3H3;2-7,10-11,20H,8-9H2,1H3;3-10,23H,1-2H3. The van der Waals surface area contributed by atoms with E-state index in [9.17, 15) is 28.3 Å². The first kappa shape index (κ1) is 67.3. The second-order valence-corrected chi connectivity index (χ2v) is 27.1. The van der Waals surface area contributed by atoms with E-state index in [0.29, 0.717) is 11.5 Å². The predicted octanol–water partition coefficient (Wildman–Crippen LogP) is 17.3. The second kappa shape index (κ2) is 29.1. The molecule has 2 N–H and O–H groups in total. The molecule has 0 aliphatic heterocycles. The van der Waals surface area contributed by atoms with E-state index in [1.165, 1.54) is 6.92 Å². The molecule has 0 saturated carbocycles. The molecule has 0 saturated heterocycles. The molecule has 8 aromatic carbocycles. The number of aromatic nitrogens is 8. The maximum Gasteiger partial charge on any atom is 0.223 e. The van der Waals surface area contributed by atoms with E-state index in [4.69, 9.17) is 29.2 Å². The van der Waals surface area contributed by atoms with Crippen molar-refractivity contribution in [2.75, 3.05) is 81.9 Å². The van der Waals surface area contributed by atoms with Crippen LogP contribution in [-0.4, -0.2) is 122 Å². The number of fused-ring (bicyclic) bond motifs is 12. The minimum Gasteiger partial charge on any atom is -0.508 e. The first-order chi connectivity index (χ1) is 48.4. The van der Waals surface area contributed by atoms with E-state index in [1.807, 2.05) is 186 Å². The van der Waals surface area contributed by atoms with Crippen LogP contribution in [-0.2, 0) is 14.4 Å². The van der Waals surface area contributed by atoms with E-state index < -0.39 is 13.3 Å². The van der Waals surface area contributed by atoms with Crippen molar-refractivity contribution >= 4 is 147 Å². The summed E-state index contributed by atoms with van der Waals surface area (Å²) in [5.74, 6) is 2.46. The van der Waals surface area contributed by atoms with Gasteiger partial charge in [-0.05, 0) is 121 Å². The van der Waals surface area contributed by atoms with Crippen LogP contribution in [0.4, 0.5) is 31.5 Å². The van der Waals surface area contributed by atoms with Gasteiger partial charge >= 0.3 is 0 Å². The number of methoxy groups -OCH3 is 1. The number of amides is 3. The molecule has 0 radical (unpaired) electrons. The zero-order chi connectivity index (χ0) is 69.9. The highest BCUT2D eigenvalue weighted by Crippen LogP contribution is 2.37. The fourth-order valence-electron chi connectivity index (χ4n) is 11.0. The molecule has 0 atom stereocenters. The highest BCUT2D eigenvalue weighted by molar-refractivity contribution is 7.24. The van der Waals surface area contributed by atoms with Gasteiger partial charge in [-0.1, -0.05) is 93.9 Å². The lowest BCUT2D eigenvalue weighted by Crippen LogP contribution is -2.22. The molecule has 0 spiro atoms. The summed E-state index contributed by atoms with van der Waals surface area (Å²) in [5.41, 5.74) is 15.6. The number of hydrogen-bond donors (Lipinski definition) is 2. The Bertz CT molecular complexity index is 5640. The van der Waals surface area contributed by atoms with E-state index in [-0.39, 0.29) is 36.7 Å². The number of aromatic hydroxyl groups is 1. The third-order valence-corrected chi connectivity index (χ3v) is 20.8. The van der Waals surface area contributed by atoms with E-state index in [2.05, 4.69) is 31.2 Å². The number of phenols is 1. The summed E-state index contributed by atoms with van der Waals surface area (Å²) < 4.78 is 53.0. The van der Waals surface area contributed by atoms with Gasteiger partial charge in [0.1, 0.15) is 49.6 Å². The number of anilines is 4. The van der Waals surface area contributed by atoms with Crippen LogP contribution >= 0.6 is 45.3 Å². The SMILES string of the molecule is CC(=O)N(C)c1ccc(-c2cn3c(n2)sc2cc(O)ccc23)cc1.CC(=O)N(C)c1ccc(-c2cn3c(n2)sc2cc(OCCF)ccc23)cc1.CNc1ccc(-c2cn3c(n2)sc2cc(OCCF)ccc23)cc1.COc1ccc2c(c1)sc1nc(-c3ccc(N(C)C(C)=O)cc3)cn12. The van der Waals surface area contributed by atoms with Gasteiger partial charge in [-0.3, -0.25) is 32.0 Å². The van der Waals surface area contributed by atoms with Crippen molar-refractivity contribution in [1.29, 1.82) is 0 Å². The van der Waals surface area contributed by atoms with Gasteiger partial charge in [0.15, 0.2) is 19.8 Å². The molecule has 3 amide bonds. The topological polar surface area (TPSA) is 190 Å². The average Bonchev–Trinajstić information content (AvgIpc) is 1.64. The highest BCUT2D eigenvalue weighted by Gasteiger charge is 2.18. The van der Waals surface area contributed by atoms with Gasteiger partial charge in [0.05, 0.1) is 70.8 Å². The lowest BCUT2D eigenvalue weighted by molar-refractivity contribution is -0.117. The normalized spacial score (nSPS) is 11.2. The van der Waals surface area contributed by atoms with Gasteiger partial charge < -0.3 is 39.3 Å². The molecule has 0 aliphatic rings. The number of thiazole rings is 4. The van der Waals surface area contributed by atoms with Gasteiger partial charge in [-0.2, -0.15) is 0 Å². The molecule has 16 aromatic rings. The summed E-state index contributed by atoms with van der Waals surface area (Å²) in [4.78, 5) is 61.7. The van der Waals surface area contributed by atoms with Crippen LogP contribution in [0, 0.1) is 0 Å². The maximum absolute atomic E-state index is 12.3. The molecule has 506 valence electrons. The number of carbonyl (C=O) groups excluding carboxylic acids is 3. The van der Waals surface area contributed by atoms with Gasteiger partial charge in [0, 0.05) is 119 Å². The van der Waals surface area contributed by atoms with Crippen LogP contribution in [0.25, 0.3) is 106 Å². The molecule has 0 bridgehead atoms. The van der Waals surface area contributed by atoms with Gasteiger partial charge in [0.2, 0.25) is 17.7 Å². The average molecular weight is 1410 g/mol. The van der Waals surface area contributed by atoms with Crippen LogP contribution in [0.15, 0.2) is 195 Å². The van der Waals surface area contributed by atoms with E-state index in [1.54, 1.807) is 114 Å². The lowest BCUT2D eigenvalue weighted by atomic mass is 10.1. The first-order valence-electron chi connectivity index (χ1n) is 31.5. The fourth-order valence-corrected chi connectivity index (χ4v) is 15.2. The summed E-state index contributed by atoms with van der Waals surface area (Å²) >= 11 is 6.34. The molecule has 0 aliphatic carbocycles. The van der Waals surface area contributed by atoms with Crippen molar-refractivity contribution in [1.82, 2.24) is 37.5 Å². The van der Waals surface area contributed by atoms with Crippen molar-refractivity contribution in [3.05, 3.63) is 195 Å². The third kappa shape index (κ3) is 14.1. The predicted molar refractivity (Wildman–Crippen MR) is 402 cm³/mol. The van der Waals surface area contributed by atoms with E-state index >= 15 is 0 Å². The number of carbonyl (C=O) groups is 3. The highest BCUT2D eigenvalue weighted by atomic mass is 32.1. The molecule has 25 heteroatoms. The largest absolute Gasteiger partial charge is 0.508 e.